The van der Waals surface area contributed by atoms with Crippen LogP contribution in [0.2, 0.25) is 5.02 Å². The Labute approximate surface area is 107 Å². The molecule has 0 saturated carbocycles. The minimum Gasteiger partial charge on any atom is -0.365 e. The molecule has 2 unspecified atom stereocenters. The fourth-order valence-electron chi connectivity index (χ4n) is 1.54. The van der Waals surface area contributed by atoms with Gasteiger partial charge in [0.25, 0.3) is 0 Å². The van der Waals surface area contributed by atoms with Crippen molar-refractivity contribution in [1.82, 2.24) is 4.98 Å². The molecule has 0 spiro atoms. The molecule has 1 saturated heterocycles. The summed E-state index contributed by atoms with van der Waals surface area (Å²) in [6.45, 7) is 2.27. The monoisotopic (exact) mass is 306 g/mol. The zero-order chi connectivity index (χ0) is 10.8. The number of hydrogen-bond acceptors (Lipinski definition) is 3. The van der Waals surface area contributed by atoms with E-state index in [1.807, 2.05) is 17.8 Å². The zero-order valence-electron chi connectivity index (χ0n) is 8.34. The Morgan fingerprint density at radius 1 is 1.60 bits per heavy atom. The molecule has 1 aromatic heterocycles. The molecular formula is C10H12BrClN2S. The van der Waals surface area contributed by atoms with Crippen molar-refractivity contribution in [3.05, 3.63) is 21.8 Å². The molecule has 1 N–H and O–H groups in total. The first-order valence-electron chi connectivity index (χ1n) is 4.82. The Morgan fingerprint density at radius 2 is 2.40 bits per heavy atom. The van der Waals surface area contributed by atoms with Gasteiger partial charge in [-0.25, -0.2) is 4.98 Å². The highest BCUT2D eigenvalue weighted by atomic mass is 79.9. The van der Waals surface area contributed by atoms with E-state index < -0.39 is 0 Å². The molecule has 2 heterocycles. The number of nitrogens with zero attached hydrogens (tertiary/aromatic N) is 1. The summed E-state index contributed by atoms with van der Waals surface area (Å²) >= 11 is 11.3. The first-order chi connectivity index (χ1) is 7.16. The quantitative estimate of drug-likeness (QED) is 0.902. The van der Waals surface area contributed by atoms with E-state index in [0.29, 0.717) is 17.0 Å². The van der Waals surface area contributed by atoms with Crippen LogP contribution in [0.5, 0.6) is 0 Å². The number of halogens is 2. The van der Waals surface area contributed by atoms with Gasteiger partial charge in [0, 0.05) is 18.0 Å². The van der Waals surface area contributed by atoms with E-state index in [4.69, 9.17) is 11.6 Å². The number of nitrogens with one attached hydrogen (secondary N) is 1. The smallest absolute Gasteiger partial charge is 0.140 e. The molecule has 0 aliphatic carbocycles. The highest BCUT2D eigenvalue weighted by molar-refractivity contribution is 9.10. The van der Waals surface area contributed by atoms with Crippen molar-refractivity contribution in [3.8, 4) is 0 Å². The van der Waals surface area contributed by atoms with Gasteiger partial charge in [-0.05, 0) is 33.7 Å². The lowest BCUT2D eigenvalue weighted by Crippen LogP contribution is -2.26. The maximum atomic E-state index is 5.84. The second-order valence-electron chi connectivity index (χ2n) is 3.75. The van der Waals surface area contributed by atoms with Crippen molar-refractivity contribution >= 4 is 45.1 Å². The summed E-state index contributed by atoms with van der Waals surface area (Å²) in [7, 11) is 0. The minimum absolute atomic E-state index is 0.514. The highest BCUT2D eigenvalue weighted by Crippen LogP contribution is 2.29. The maximum absolute atomic E-state index is 5.84. The summed E-state index contributed by atoms with van der Waals surface area (Å²) in [6.07, 6.45) is 1.67. The van der Waals surface area contributed by atoms with Crippen LogP contribution >= 0.6 is 39.3 Å². The predicted octanol–water partition coefficient (Wildman–Crippen LogP) is 3.66. The summed E-state index contributed by atoms with van der Waals surface area (Å²) in [4.78, 5) is 4.28. The standard InChI is InChI=1S/C10H12BrClN2S/c1-6-4-15-5-9(6)14-10-8(11)2-7(12)3-13-10/h2-3,6,9H,4-5H2,1H3,(H,13,14). The van der Waals surface area contributed by atoms with Crippen LogP contribution in [0, 0.1) is 5.92 Å². The molecule has 82 valence electrons. The van der Waals surface area contributed by atoms with Gasteiger partial charge in [-0.15, -0.1) is 0 Å². The topological polar surface area (TPSA) is 24.9 Å². The molecule has 0 bridgehead atoms. The van der Waals surface area contributed by atoms with Gasteiger partial charge < -0.3 is 5.32 Å². The molecule has 15 heavy (non-hydrogen) atoms. The number of anilines is 1. The van der Waals surface area contributed by atoms with Crippen molar-refractivity contribution in [2.75, 3.05) is 16.8 Å². The molecule has 2 nitrogen and oxygen atoms in total. The average molecular weight is 308 g/mol. The SMILES string of the molecule is CC1CSCC1Nc1ncc(Cl)cc1Br. The number of aromatic nitrogens is 1. The lowest BCUT2D eigenvalue weighted by atomic mass is 10.1. The van der Waals surface area contributed by atoms with E-state index in [1.54, 1.807) is 6.20 Å². The van der Waals surface area contributed by atoms with Crippen LogP contribution in [-0.4, -0.2) is 22.5 Å². The molecule has 1 fully saturated rings. The fourth-order valence-corrected chi connectivity index (χ4v) is 3.70. The van der Waals surface area contributed by atoms with Gasteiger partial charge in [0.2, 0.25) is 0 Å². The normalized spacial score (nSPS) is 25.5. The average Bonchev–Trinajstić information content (AvgIpc) is 2.57. The molecule has 1 aliphatic heterocycles. The van der Waals surface area contributed by atoms with Gasteiger partial charge >= 0.3 is 0 Å². The molecule has 5 heteroatoms. The molecule has 2 rings (SSSR count). The third kappa shape index (κ3) is 2.80. The fraction of sp³-hybridized carbons (Fsp3) is 0.500. The van der Waals surface area contributed by atoms with Crippen molar-refractivity contribution in [3.63, 3.8) is 0 Å². The Kier molecular flexibility index (Phi) is 3.80. The van der Waals surface area contributed by atoms with Gasteiger partial charge in [0.1, 0.15) is 5.82 Å². The van der Waals surface area contributed by atoms with Crippen LogP contribution in [0.25, 0.3) is 0 Å². The number of rotatable bonds is 2. The summed E-state index contributed by atoms with van der Waals surface area (Å²) in [5.74, 6) is 3.96. The summed E-state index contributed by atoms with van der Waals surface area (Å²) in [5.41, 5.74) is 0. The lowest BCUT2D eigenvalue weighted by molar-refractivity contribution is 0.597. The summed E-state index contributed by atoms with van der Waals surface area (Å²) in [6, 6.07) is 2.38. The summed E-state index contributed by atoms with van der Waals surface area (Å²) < 4.78 is 0.930. The van der Waals surface area contributed by atoms with Crippen LogP contribution in [0.4, 0.5) is 5.82 Å². The third-order valence-electron chi connectivity index (χ3n) is 2.49. The van der Waals surface area contributed by atoms with E-state index in [2.05, 4.69) is 33.2 Å². The van der Waals surface area contributed by atoms with Gasteiger partial charge in [-0.1, -0.05) is 18.5 Å². The van der Waals surface area contributed by atoms with Crippen molar-refractivity contribution in [2.45, 2.75) is 13.0 Å². The molecular weight excluding hydrogens is 296 g/mol. The molecule has 0 amide bonds. The second-order valence-corrected chi connectivity index (χ2v) is 6.12. The van der Waals surface area contributed by atoms with Crippen molar-refractivity contribution in [2.24, 2.45) is 5.92 Å². The van der Waals surface area contributed by atoms with E-state index in [9.17, 15) is 0 Å². The van der Waals surface area contributed by atoms with Crippen LogP contribution in [0.3, 0.4) is 0 Å². The molecule has 0 aromatic carbocycles. The van der Waals surface area contributed by atoms with E-state index in [-0.39, 0.29) is 0 Å². The van der Waals surface area contributed by atoms with Gasteiger partial charge in [0.15, 0.2) is 0 Å². The molecule has 1 aromatic rings. The number of pyridine rings is 1. The molecule has 1 aliphatic rings. The van der Waals surface area contributed by atoms with Gasteiger partial charge in [-0.3, -0.25) is 0 Å². The van der Waals surface area contributed by atoms with Crippen LogP contribution in [-0.2, 0) is 0 Å². The predicted molar refractivity (Wildman–Crippen MR) is 70.8 cm³/mol. The number of hydrogen-bond donors (Lipinski definition) is 1. The largest absolute Gasteiger partial charge is 0.365 e. The highest BCUT2D eigenvalue weighted by Gasteiger charge is 2.24. The van der Waals surface area contributed by atoms with Crippen molar-refractivity contribution < 1.29 is 0 Å². The Bertz CT molecular complexity index is 361. The maximum Gasteiger partial charge on any atom is 0.140 e. The zero-order valence-corrected chi connectivity index (χ0v) is 11.5. The Morgan fingerprint density at radius 3 is 3.00 bits per heavy atom. The third-order valence-corrected chi connectivity index (χ3v) is 4.66. The Hall–Kier alpha value is 0.0700. The van der Waals surface area contributed by atoms with E-state index in [1.165, 1.54) is 5.75 Å². The van der Waals surface area contributed by atoms with E-state index >= 15 is 0 Å². The minimum atomic E-state index is 0.514. The molecule has 2 atom stereocenters. The summed E-state index contributed by atoms with van der Waals surface area (Å²) in [5, 5.41) is 4.10. The van der Waals surface area contributed by atoms with Crippen molar-refractivity contribution in [1.29, 1.82) is 0 Å². The van der Waals surface area contributed by atoms with Crippen LogP contribution in [0.1, 0.15) is 6.92 Å². The van der Waals surface area contributed by atoms with Gasteiger partial charge in [0.05, 0.1) is 9.50 Å². The first-order valence-corrected chi connectivity index (χ1v) is 7.14. The Balaban J connectivity index is 2.10. The van der Waals surface area contributed by atoms with Crippen LogP contribution in [0.15, 0.2) is 16.7 Å². The van der Waals surface area contributed by atoms with E-state index in [0.717, 1.165) is 16.0 Å². The second kappa shape index (κ2) is 4.93. The number of thioether (sulfide) groups is 1. The molecule has 0 radical (unpaired) electrons. The van der Waals surface area contributed by atoms with Gasteiger partial charge in [-0.2, -0.15) is 11.8 Å². The first kappa shape index (κ1) is 11.6. The van der Waals surface area contributed by atoms with Crippen LogP contribution < -0.4 is 5.32 Å². The lowest BCUT2D eigenvalue weighted by Gasteiger charge is -2.17.